The van der Waals surface area contributed by atoms with E-state index in [0.717, 1.165) is 33.2 Å². The number of carbonyl (C=O) groups is 1. The van der Waals surface area contributed by atoms with Gasteiger partial charge < -0.3 is 24.7 Å². The average Bonchev–Trinajstić information content (AvgIpc) is 3.58. The Bertz CT molecular complexity index is 1610. The molecule has 2 aromatic carbocycles. The number of anilines is 1. The molecule has 1 amide bonds. The largest absolute Gasteiger partial charge is 0.444 e. The topological polar surface area (TPSA) is 124 Å². The van der Waals surface area contributed by atoms with Crippen molar-refractivity contribution in [1.82, 2.24) is 29.6 Å². The molecule has 0 radical (unpaired) electrons. The Morgan fingerprint density at radius 2 is 1.90 bits per heavy atom. The van der Waals surface area contributed by atoms with Gasteiger partial charge in [0.2, 0.25) is 0 Å². The van der Waals surface area contributed by atoms with Gasteiger partial charge in [-0.2, -0.15) is 5.10 Å². The number of fused-ring (bicyclic) bond motifs is 3. The van der Waals surface area contributed by atoms with Gasteiger partial charge in [-0.25, -0.2) is 14.8 Å². The average molecular weight is 542 g/mol. The maximum atomic E-state index is 13.0. The highest BCUT2D eigenvalue weighted by Gasteiger charge is 2.25. The molecule has 0 saturated carbocycles. The fourth-order valence-electron chi connectivity index (χ4n) is 4.63. The van der Waals surface area contributed by atoms with Crippen LogP contribution >= 0.6 is 0 Å². The van der Waals surface area contributed by atoms with Crippen molar-refractivity contribution in [1.29, 1.82) is 0 Å². The number of nitrogens with zero attached hydrogens (tertiary/aromatic N) is 5. The minimum absolute atomic E-state index is 0.256. The highest BCUT2D eigenvalue weighted by Crippen LogP contribution is 2.32. The SMILES string of the molecule is CCN(Cc1nc2c(N)nc3cc(-c4ccn[nH]4)ccc3c2n1CCOCc1ccccc1)C(=O)OC(C)(C)C. The van der Waals surface area contributed by atoms with Gasteiger partial charge in [-0.15, -0.1) is 0 Å². The van der Waals surface area contributed by atoms with Gasteiger partial charge in [0, 0.05) is 30.2 Å². The summed E-state index contributed by atoms with van der Waals surface area (Å²) in [7, 11) is 0. The Labute approximate surface area is 233 Å². The lowest BCUT2D eigenvalue weighted by Crippen LogP contribution is -2.37. The summed E-state index contributed by atoms with van der Waals surface area (Å²) in [5.41, 5.74) is 11.0. The third kappa shape index (κ3) is 5.91. The molecule has 0 atom stereocenters. The molecule has 3 N–H and O–H groups in total. The highest BCUT2D eigenvalue weighted by molar-refractivity contribution is 6.07. The summed E-state index contributed by atoms with van der Waals surface area (Å²) >= 11 is 0. The molecule has 0 spiro atoms. The third-order valence-corrected chi connectivity index (χ3v) is 6.53. The van der Waals surface area contributed by atoms with Crippen molar-refractivity contribution >= 4 is 33.8 Å². The second kappa shape index (κ2) is 11.4. The van der Waals surface area contributed by atoms with E-state index < -0.39 is 11.7 Å². The Balaban J connectivity index is 1.53. The Morgan fingerprint density at radius 3 is 2.60 bits per heavy atom. The van der Waals surface area contributed by atoms with Crippen LogP contribution in [-0.2, 0) is 29.2 Å². The summed E-state index contributed by atoms with van der Waals surface area (Å²) < 4.78 is 13.8. The maximum Gasteiger partial charge on any atom is 0.410 e. The molecule has 10 heteroatoms. The second-order valence-electron chi connectivity index (χ2n) is 10.6. The van der Waals surface area contributed by atoms with Crippen LogP contribution in [0.4, 0.5) is 10.6 Å². The minimum atomic E-state index is -0.604. The number of aromatic nitrogens is 5. The number of pyridine rings is 1. The molecule has 0 aliphatic carbocycles. The lowest BCUT2D eigenvalue weighted by Gasteiger charge is -2.26. The zero-order chi connectivity index (χ0) is 28.3. The number of H-pyrrole nitrogens is 1. The number of aromatic amines is 1. The monoisotopic (exact) mass is 541 g/mol. The van der Waals surface area contributed by atoms with Gasteiger partial charge in [0.25, 0.3) is 0 Å². The predicted molar refractivity (Wildman–Crippen MR) is 155 cm³/mol. The number of carbonyl (C=O) groups excluding carboxylic acids is 1. The van der Waals surface area contributed by atoms with Crippen molar-refractivity contribution in [2.45, 2.75) is 53.0 Å². The van der Waals surface area contributed by atoms with Crippen LogP contribution in [0, 0.1) is 0 Å². The van der Waals surface area contributed by atoms with E-state index in [1.165, 1.54) is 0 Å². The zero-order valence-electron chi connectivity index (χ0n) is 23.3. The van der Waals surface area contributed by atoms with Crippen molar-refractivity contribution < 1.29 is 14.3 Å². The predicted octanol–water partition coefficient (Wildman–Crippen LogP) is 5.53. The molecule has 5 rings (SSSR count). The number of benzene rings is 2. The number of rotatable bonds is 9. The first-order valence-electron chi connectivity index (χ1n) is 13.4. The second-order valence-corrected chi connectivity index (χ2v) is 10.6. The van der Waals surface area contributed by atoms with E-state index in [4.69, 9.17) is 20.2 Å². The van der Waals surface area contributed by atoms with Crippen LogP contribution in [0.3, 0.4) is 0 Å². The molecule has 0 aliphatic heterocycles. The van der Waals surface area contributed by atoms with Crippen LogP contribution in [0.1, 0.15) is 39.1 Å². The summed E-state index contributed by atoms with van der Waals surface area (Å²) in [4.78, 5) is 24.2. The smallest absolute Gasteiger partial charge is 0.410 e. The van der Waals surface area contributed by atoms with E-state index in [0.29, 0.717) is 43.5 Å². The lowest BCUT2D eigenvalue weighted by molar-refractivity contribution is 0.0237. The van der Waals surface area contributed by atoms with E-state index in [-0.39, 0.29) is 6.54 Å². The van der Waals surface area contributed by atoms with E-state index in [1.54, 1.807) is 11.1 Å². The van der Waals surface area contributed by atoms with Crippen molar-refractivity contribution in [3.63, 3.8) is 0 Å². The molecule has 5 aromatic rings. The molecule has 0 aliphatic rings. The van der Waals surface area contributed by atoms with E-state index in [2.05, 4.69) is 19.7 Å². The standard InChI is InChI=1S/C30H35N7O3/c1-5-36(29(38)40-30(2,3)4)18-25-34-26-27(37(25)15-16-39-19-20-9-7-6-8-10-20)22-12-11-21(23-13-14-32-35-23)17-24(22)33-28(26)31/h6-14,17H,5,15-16,18-19H2,1-4H3,(H2,31,33)(H,32,35). The molecule has 40 heavy (non-hydrogen) atoms. The summed E-state index contributed by atoms with van der Waals surface area (Å²) in [6, 6.07) is 18.0. The van der Waals surface area contributed by atoms with Crippen LogP contribution in [-0.4, -0.2) is 54.5 Å². The first kappa shape index (κ1) is 27.1. The van der Waals surface area contributed by atoms with Crippen molar-refractivity contribution in [2.24, 2.45) is 0 Å². The van der Waals surface area contributed by atoms with Gasteiger partial charge in [0.1, 0.15) is 16.9 Å². The molecular formula is C30H35N7O3. The Morgan fingerprint density at radius 1 is 1.10 bits per heavy atom. The molecule has 0 fully saturated rings. The van der Waals surface area contributed by atoms with Crippen LogP contribution in [0.15, 0.2) is 60.8 Å². The van der Waals surface area contributed by atoms with Crippen molar-refractivity contribution in [2.75, 3.05) is 18.9 Å². The van der Waals surface area contributed by atoms with Crippen LogP contribution in [0.25, 0.3) is 33.2 Å². The third-order valence-electron chi connectivity index (χ3n) is 6.53. The fraction of sp³-hybridized carbons (Fsp3) is 0.333. The first-order valence-corrected chi connectivity index (χ1v) is 13.4. The highest BCUT2D eigenvalue weighted by atomic mass is 16.6. The lowest BCUT2D eigenvalue weighted by atomic mass is 10.1. The maximum absolute atomic E-state index is 13.0. The van der Waals surface area contributed by atoms with Crippen LogP contribution in [0.5, 0.6) is 0 Å². The molecule has 3 heterocycles. The van der Waals surface area contributed by atoms with Gasteiger partial charge in [-0.3, -0.25) is 5.10 Å². The number of nitrogen functional groups attached to an aromatic ring is 1. The van der Waals surface area contributed by atoms with Crippen LogP contribution in [0.2, 0.25) is 0 Å². The van der Waals surface area contributed by atoms with E-state index >= 15 is 0 Å². The molecule has 10 nitrogen and oxygen atoms in total. The van der Waals surface area contributed by atoms with Gasteiger partial charge in [0.05, 0.1) is 36.5 Å². The molecule has 0 saturated heterocycles. The van der Waals surface area contributed by atoms with Gasteiger partial charge in [-0.1, -0.05) is 36.4 Å². The molecule has 0 bridgehead atoms. The number of nitrogens with two attached hydrogens (primary N) is 1. The number of ether oxygens (including phenoxy) is 2. The summed E-state index contributed by atoms with van der Waals surface area (Å²) in [5, 5.41) is 7.97. The number of imidazole rings is 1. The van der Waals surface area contributed by atoms with Gasteiger partial charge >= 0.3 is 6.09 Å². The quantitative estimate of drug-likeness (QED) is 0.235. The van der Waals surface area contributed by atoms with E-state index in [1.807, 2.05) is 82.3 Å². The van der Waals surface area contributed by atoms with E-state index in [9.17, 15) is 4.79 Å². The number of hydrogen-bond donors (Lipinski definition) is 2. The molecular weight excluding hydrogens is 506 g/mol. The van der Waals surface area contributed by atoms with Crippen molar-refractivity contribution in [3.05, 3.63) is 72.2 Å². The van der Waals surface area contributed by atoms with Crippen LogP contribution < -0.4 is 5.73 Å². The number of amides is 1. The number of hydrogen-bond acceptors (Lipinski definition) is 7. The summed E-state index contributed by atoms with van der Waals surface area (Å²) in [6.45, 7) is 9.67. The molecule has 0 unspecified atom stereocenters. The summed E-state index contributed by atoms with van der Waals surface area (Å²) in [6.07, 6.45) is 1.32. The fourth-order valence-corrected chi connectivity index (χ4v) is 4.63. The van der Waals surface area contributed by atoms with Gasteiger partial charge in [-0.05, 0) is 51.5 Å². The van der Waals surface area contributed by atoms with Crippen molar-refractivity contribution in [3.8, 4) is 11.3 Å². The Hall–Kier alpha value is -4.44. The molecule has 3 aromatic heterocycles. The molecule has 208 valence electrons. The minimum Gasteiger partial charge on any atom is -0.444 e. The number of nitrogens with one attached hydrogen (secondary N) is 1. The first-order chi connectivity index (χ1) is 19.2. The van der Waals surface area contributed by atoms with Gasteiger partial charge in [0.15, 0.2) is 5.82 Å². The normalized spacial score (nSPS) is 11.8. The summed E-state index contributed by atoms with van der Waals surface area (Å²) in [5.74, 6) is 1.01. The zero-order valence-corrected chi connectivity index (χ0v) is 23.3. The Kier molecular flexibility index (Phi) is 7.70.